The van der Waals surface area contributed by atoms with Crippen LogP contribution < -0.4 is 5.73 Å². The van der Waals surface area contributed by atoms with Gasteiger partial charge in [-0.15, -0.1) is 11.3 Å². The molecule has 3 rings (SSSR count). The van der Waals surface area contributed by atoms with Crippen LogP contribution in [0.15, 0.2) is 34.9 Å². The van der Waals surface area contributed by atoms with Gasteiger partial charge >= 0.3 is 0 Å². The molecule has 96 valence electrons. The molecule has 0 amide bonds. The van der Waals surface area contributed by atoms with Crippen LogP contribution in [0.5, 0.6) is 0 Å². The van der Waals surface area contributed by atoms with E-state index in [-0.39, 0.29) is 5.82 Å². The normalized spacial score (nSPS) is 10.8. The molecule has 0 aliphatic rings. The van der Waals surface area contributed by atoms with Crippen molar-refractivity contribution < 1.29 is 8.91 Å². The van der Waals surface area contributed by atoms with Crippen LogP contribution in [-0.2, 0) is 0 Å². The number of halogens is 1. The van der Waals surface area contributed by atoms with Gasteiger partial charge in [-0.05, 0) is 30.7 Å². The molecule has 6 heteroatoms. The van der Waals surface area contributed by atoms with Gasteiger partial charge in [-0.25, -0.2) is 4.39 Å². The van der Waals surface area contributed by atoms with Crippen molar-refractivity contribution in [2.45, 2.75) is 6.92 Å². The average molecular weight is 275 g/mol. The van der Waals surface area contributed by atoms with Crippen molar-refractivity contribution in [3.05, 3.63) is 41.7 Å². The van der Waals surface area contributed by atoms with Gasteiger partial charge in [0.25, 0.3) is 5.89 Å². The Morgan fingerprint density at radius 2 is 2.16 bits per heavy atom. The van der Waals surface area contributed by atoms with Gasteiger partial charge in [-0.1, -0.05) is 17.3 Å². The van der Waals surface area contributed by atoms with Crippen LogP contribution in [0.2, 0.25) is 0 Å². The van der Waals surface area contributed by atoms with E-state index in [1.807, 2.05) is 13.0 Å². The Bertz CT molecular complexity index is 735. The molecule has 19 heavy (non-hydrogen) atoms. The van der Waals surface area contributed by atoms with Crippen molar-refractivity contribution in [2.75, 3.05) is 5.73 Å². The molecule has 0 aliphatic carbocycles. The third kappa shape index (κ3) is 2.22. The maximum Gasteiger partial charge on any atom is 0.268 e. The van der Waals surface area contributed by atoms with Gasteiger partial charge in [0, 0.05) is 5.56 Å². The molecule has 0 radical (unpaired) electrons. The van der Waals surface area contributed by atoms with Crippen molar-refractivity contribution >= 4 is 16.3 Å². The molecule has 2 N–H and O–H groups in total. The third-order valence-corrected chi connectivity index (χ3v) is 3.69. The van der Waals surface area contributed by atoms with Crippen LogP contribution in [0, 0.1) is 12.7 Å². The van der Waals surface area contributed by atoms with E-state index in [0.29, 0.717) is 22.3 Å². The summed E-state index contributed by atoms with van der Waals surface area (Å²) < 4.78 is 18.4. The fourth-order valence-electron chi connectivity index (χ4n) is 1.78. The predicted molar refractivity (Wildman–Crippen MR) is 72.2 cm³/mol. The average Bonchev–Trinajstić information content (AvgIpc) is 2.96. The summed E-state index contributed by atoms with van der Waals surface area (Å²) in [6, 6.07) is 7.92. The molecular formula is C13H10FN3OS. The van der Waals surface area contributed by atoms with Gasteiger partial charge in [0.05, 0.1) is 9.88 Å². The van der Waals surface area contributed by atoms with Gasteiger partial charge in [-0.2, -0.15) is 4.98 Å². The standard InChI is InChI=1S/C13H10FN3OS/c1-7-5-10(15)19-11(7)13-16-12(17-18-13)8-3-2-4-9(14)6-8/h2-6H,15H2,1H3. The zero-order valence-electron chi connectivity index (χ0n) is 10.1. The number of anilines is 1. The number of hydrogen-bond donors (Lipinski definition) is 1. The Morgan fingerprint density at radius 1 is 1.32 bits per heavy atom. The summed E-state index contributed by atoms with van der Waals surface area (Å²) in [6.45, 7) is 1.92. The number of rotatable bonds is 2. The minimum Gasteiger partial charge on any atom is -0.391 e. The summed E-state index contributed by atoms with van der Waals surface area (Å²) in [5.74, 6) is 0.430. The Morgan fingerprint density at radius 3 is 2.84 bits per heavy atom. The lowest BCUT2D eigenvalue weighted by Crippen LogP contribution is -1.82. The maximum absolute atomic E-state index is 13.1. The number of aryl methyl sites for hydroxylation is 1. The number of nitrogen functional groups attached to an aromatic ring is 1. The Balaban J connectivity index is 2.02. The highest BCUT2D eigenvalue weighted by atomic mass is 32.1. The van der Waals surface area contributed by atoms with Gasteiger partial charge in [-0.3, -0.25) is 0 Å². The summed E-state index contributed by atoms with van der Waals surface area (Å²) in [7, 11) is 0. The van der Waals surface area contributed by atoms with E-state index in [1.165, 1.54) is 23.5 Å². The molecule has 0 saturated heterocycles. The van der Waals surface area contributed by atoms with Crippen molar-refractivity contribution in [3.8, 4) is 22.2 Å². The predicted octanol–water partition coefficient (Wildman–Crippen LogP) is 3.49. The number of thiophene rings is 1. The molecule has 4 nitrogen and oxygen atoms in total. The molecule has 2 aromatic heterocycles. The largest absolute Gasteiger partial charge is 0.391 e. The SMILES string of the molecule is Cc1cc(N)sc1-c1nc(-c2cccc(F)c2)no1. The molecule has 1 aromatic carbocycles. The van der Waals surface area contributed by atoms with Crippen LogP contribution in [0.25, 0.3) is 22.2 Å². The molecule has 0 bridgehead atoms. The first-order valence-corrected chi connectivity index (χ1v) is 6.41. The Hall–Kier alpha value is -2.21. The van der Waals surface area contributed by atoms with Crippen LogP contribution in [0.4, 0.5) is 9.39 Å². The Kier molecular flexibility index (Phi) is 2.79. The zero-order chi connectivity index (χ0) is 13.4. The van der Waals surface area contributed by atoms with E-state index >= 15 is 0 Å². The van der Waals surface area contributed by atoms with Crippen LogP contribution in [-0.4, -0.2) is 10.1 Å². The van der Waals surface area contributed by atoms with Crippen molar-refractivity contribution in [3.63, 3.8) is 0 Å². The monoisotopic (exact) mass is 275 g/mol. The van der Waals surface area contributed by atoms with Crippen molar-refractivity contribution in [1.82, 2.24) is 10.1 Å². The van der Waals surface area contributed by atoms with Gasteiger partial charge in [0.15, 0.2) is 0 Å². The fourth-order valence-corrected chi connectivity index (χ4v) is 2.64. The highest BCUT2D eigenvalue weighted by Gasteiger charge is 2.15. The number of nitrogens with zero attached hydrogens (tertiary/aromatic N) is 2. The second kappa shape index (κ2) is 4.47. The fraction of sp³-hybridized carbons (Fsp3) is 0.0769. The maximum atomic E-state index is 13.1. The highest BCUT2D eigenvalue weighted by Crippen LogP contribution is 2.33. The lowest BCUT2D eigenvalue weighted by molar-refractivity contribution is 0.433. The molecule has 0 saturated carbocycles. The molecule has 0 atom stereocenters. The first kappa shape index (κ1) is 11.9. The van der Waals surface area contributed by atoms with Crippen molar-refractivity contribution in [1.29, 1.82) is 0 Å². The number of nitrogens with two attached hydrogens (primary N) is 1. The zero-order valence-corrected chi connectivity index (χ0v) is 10.9. The van der Waals surface area contributed by atoms with E-state index < -0.39 is 0 Å². The molecular weight excluding hydrogens is 265 g/mol. The number of benzene rings is 1. The van der Waals surface area contributed by atoms with E-state index in [1.54, 1.807) is 12.1 Å². The van der Waals surface area contributed by atoms with E-state index in [2.05, 4.69) is 10.1 Å². The third-order valence-electron chi connectivity index (χ3n) is 2.64. The van der Waals surface area contributed by atoms with Crippen molar-refractivity contribution in [2.24, 2.45) is 0 Å². The number of hydrogen-bond acceptors (Lipinski definition) is 5. The smallest absolute Gasteiger partial charge is 0.268 e. The first-order valence-electron chi connectivity index (χ1n) is 5.59. The molecule has 3 aromatic rings. The van der Waals surface area contributed by atoms with Gasteiger partial charge in [0.2, 0.25) is 5.82 Å². The minimum atomic E-state index is -0.333. The molecule has 2 heterocycles. The summed E-state index contributed by atoms with van der Waals surface area (Å²) in [4.78, 5) is 5.12. The molecule has 0 fully saturated rings. The lowest BCUT2D eigenvalue weighted by Gasteiger charge is -1.93. The summed E-state index contributed by atoms with van der Waals surface area (Å²) >= 11 is 1.39. The Labute approximate surface area is 112 Å². The second-order valence-electron chi connectivity index (χ2n) is 4.09. The topological polar surface area (TPSA) is 64.9 Å². The van der Waals surface area contributed by atoms with Gasteiger partial charge < -0.3 is 10.3 Å². The molecule has 0 spiro atoms. The highest BCUT2D eigenvalue weighted by molar-refractivity contribution is 7.19. The van der Waals surface area contributed by atoms with Crippen LogP contribution in [0.3, 0.4) is 0 Å². The summed E-state index contributed by atoms with van der Waals surface area (Å²) in [5, 5.41) is 4.56. The van der Waals surface area contributed by atoms with Gasteiger partial charge in [0.1, 0.15) is 5.82 Å². The van der Waals surface area contributed by atoms with Crippen LogP contribution in [0.1, 0.15) is 5.56 Å². The second-order valence-corrected chi connectivity index (χ2v) is 5.18. The van der Waals surface area contributed by atoms with E-state index in [4.69, 9.17) is 10.3 Å². The van der Waals surface area contributed by atoms with E-state index in [0.717, 1.165) is 10.4 Å². The quantitative estimate of drug-likeness (QED) is 0.777. The lowest BCUT2D eigenvalue weighted by atomic mass is 10.2. The molecule has 0 aliphatic heterocycles. The van der Waals surface area contributed by atoms with E-state index in [9.17, 15) is 4.39 Å². The summed E-state index contributed by atoms with van der Waals surface area (Å²) in [5.41, 5.74) is 7.30. The van der Waals surface area contributed by atoms with Crippen LogP contribution >= 0.6 is 11.3 Å². The first-order chi connectivity index (χ1) is 9.13. The summed E-state index contributed by atoms with van der Waals surface area (Å²) in [6.07, 6.45) is 0. The molecule has 0 unspecified atom stereocenters. The number of aromatic nitrogens is 2. The minimum absolute atomic E-state index is 0.333.